The second kappa shape index (κ2) is 7.33. The molecule has 1 aromatic carbocycles. The molecule has 0 radical (unpaired) electrons. The number of carboxylic acid groups (broad SMARTS) is 1. The molecular weight excluding hydrogens is 246 g/mol. The normalized spacial score (nSPS) is 13.3. The summed E-state index contributed by atoms with van der Waals surface area (Å²) in [4.78, 5) is 22.7. The Bertz CT molecular complexity index is 444. The third-order valence-electron chi connectivity index (χ3n) is 2.64. The quantitative estimate of drug-likeness (QED) is 0.646. The molecule has 5 heteroatoms. The lowest BCUT2D eigenvalue weighted by Crippen LogP contribution is -2.43. The molecule has 2 atom stereocenters. The van der Waals surface area contributed by atoms with Gasteiger partial charge in [0.2, 0.25) is 0 Å². The zero-order valence-electron chi connectivity index (χ0n) is 10.5. The first-order valence-electron chi connectivity index (χ1n) is 5.93. The number of aliphatic hydroxyl groups is 1. The summed E-state index contributed by atoms with van der Waals surface area (Å²) >= 11 is 0. The zero-order valence-corrected chi connectivity index (χ0v) is 10.5. The van der Waals surface area contributed by atoms with Crippen LogP contribution in [0.5, 0.6) is 0 Å². The van der Waals surface area contributed by atoms with Crippen LogP contribution in [0.1, 0.15) is 24.5 Å². The van der Waals surface area contributed by atoms with Crippen LogP contribution in [0.3, 0.4) is 0 Å². The summed E-state index contributed by atoms with van der Waals surface area (Å²) in [6.45, 7) is 3.50. The topological polar surface area (TPSA) is 86.6 Å². The fraction of sp³-hybridized carbons (Fsp3) is 0.286. The third kappa shape index (κ3) is 4.56. The highest BCUT2D eigenvalue weighted by Gasteiger charge is 2.24. The summed E-state index contributed by atoms with van der Waals surface area (Å²) in [5.41, 5.74) is 0.424. The number of rotatable bonds is 7. The molecule has 0 bridgehead atoms. The molecule has 1 aromatic rings. The van der Waals surface area contributed by atoms with Gasteiger partial charge in [0.1, 0.15) is 6.04 Å². The largest absolute Gasteiger partial charge is 0.480 e. The molecule has 1 rings (SSSR count). The Morgan fingerprint density at radius 1 is 1.32 bits per heavy atom. The summed E-state index contributed by atoms with van der Waals surface area (Å²) in [6, 6.07) is 7.33. The van der Waals surface area contributed by atoms with Crippen LogP contribution in [0.2, 0.25) is 0 Å². The van der Waals surface area contributed by atoms with Crippen LogP contribution in [0.15, 0.2) is 43.0 Å². The van der Waals surface area contributed by atoms with E-state index in [9.17, 15) is 14.7 Å². The first kappa shape index (κ1) is 14.9. The minimum atomic E-state index is -1.37. The van der Waals surface area contributed by atoms with Crippen LogP contribution in [0.25, 0.3) is 0 Å². The molecule has 0 aliphatic carbocycles. The highest BCUT2D eigenvalue weighted by molar-refractivity contribution is 5.86. The molecule has 0 unspecified atom stereocenters. The van der Waals surface area contributed by atoms with Crippen LogP contribution in [0.4, 0.5) is 0 Å². The fourth-order valence-corrected chi connectivity index (χ4v) is 1.58. The van der Waals surface area contributed by atoms with E-state index in [1.165, 1.54) is 0 Å². The number of hydrogen-bond donors (Lipinski definition) is 3. The highest BCUT2D eigenvalue weighted by Crippen LogP contribution is 2.12. The lowest BCUT2D eigenvalue weighted by molar-refractivity contribution is -0.143. The van der Waals surface area contributed by atoms with Crippen molar-refractivity contribution in [3.8, 4) is 0 Å². The van der Waals surface area contributed by atoms with E-state index in [-0.39, 0.29) is 6.42 Å². The molecule has 0 aromatic heterocycles. The van der Waals surface area contributed by atoms with Crippen LogP contribution in [-0.4, -0.2) is 28.1 Å². The Kier molecular flexibility index (Phi) is 5.75. The minimum Gasteiger partial charge on any atom is -0.480 e. The Morgan fingerprint density at radius 3 is 2.47 bits per heavy atom. The zero-order chi connectivity index (χ0) is 14.3. The number of benzene rings is 1. The van der Waals surface area contributed by atoms with E-state index in [4.69, 9.17) is 5.11 Å². The Morgan fingerprint density at radius 2 is 1.95 bits per heavy atom. The van der Waals surface area contributed by atoms with Gasteiger partial charge in [0, 0.05) is 0 Å². The van der Waals surface area contributed by atoms with Crippen LogP contribution < -0.4 is 5.32 Å². The van der Waals surface area contributed by atoms with Gasteiger partial charge >= 0.3 is 5.97 Å². The number of carboxylic acids is 1. The number of aliphatic hydroxyl groups excluding tert-OH is 1. The molecule has 3 N–H and O–H groups in total. The maximum atomic E-state index is 11.8. The summed E-state index contributed by atoms with van der Waals surface area (Å²) in [6.07, 6.45) is 0.923. The summed E-state index contributed by atoms with van der Waals surface area (Å²) in [5, 5.41) is 21.1. The van der Waals surface area contributed by atoms with Crippen molar-refractivity contribution in [1.82, 2.24) is 5.32 Å². The second-order valence-corrected chi connectivity index (χ2v) is 4.08. The van der Waals surface area contributed by atoms with Crippen molar-refractivity contribution in [2.75, 3.05) is 0 Å². The van der Waals surface area contributed by atoms with Crippen LogP contribution in [-0.2, 0) is 9.59 Å². The smallest absolute Gasteiger partial charge is 0.326 e. The van der Waals surface area contributed by atoms with Gasteiger partial charge in [-0.3, -0.25) is 4.79 Å². The molecule has 0 fully saturated rings. The predicted octanol–water partition coefficient (Wildman–Crippen LogP) is 1.26. The molecule has 5 nitrogen and oxygen atoms in total. The van der Waals surface area contributed by atoms with Gasteiger partial charge in [0.25, 0.3) is 5.91 Å². The fourth-order valence-electron chi connectivity index (χ4n) is 1.58. The first-order valence-corrected chi connectivity index (χ1v) is 5.93. The molecule has 0 aliphatic heterocycles. The minimum absolute atomic E-state index is 0.242. The molecule has 19 heavy (non-hydrogen) atoms. The standard InChI is InChI=1S/C14H17NO4/c1-2-3-9-11(14(18)19)15-13(17)12(16)10-7-5-4-6-8-10/h2,4-8,11-12,16H,1,3,9H2,(H,15,17)(H,18,19)/t11-,12+/m1/s1. The SMILES string of the molecule is C=CCC[C@@H](NC(=O)[C@@H](O)c1ccccc1)C(=O)O. The van der Waals surface area contributed by atoms with Gasteiger partial charge < -0.3 is 15.5 Å². The van der Waals surface area contributed by atoms with Gasteiger partial charge in [-0.1, -0.05) is 36.4 Å². The number of amides is 1. The number of allylic oxidation sites excluding steroid dienone is 1. The van der Waals surface area contributed by atoms with Gasteiger partial charge in [0.15, 0.2) is 6.10 Å². The van der Waals surface area contributed by atoms with Gasteiger partial charge in [-0.05, 0) is 18.4 Å². The van der Waals surface area contributed by atoms with E-state index in [0.717, 1.165) is 0 Å². The highest BCUT2D eigenvalue weighted by atomic mass is 16.4. The molecule has 0 spiro atoms. The average Bonchev–Trinajstić information content (AvgIpc) is 2.43. The van der Waals surface area contributed by atoms with Crippen molar-refractivity contribution in [1.29, 1.82) is 0 Å². The predicted molar refractivity (Wildman–Crippen MR) is 70.4 cm³/mol. The van der Waals surface area contributed by atoms with Gasteiger partial charge in [0.05, 0.1) is 0 Å². The maximum Gasteiger partial charge on any atom is 0.326 e. The third-order valence-corrected chi connectivity index (χ3v) is 2.64. The maximum absolute atomic E-state index is 11.8. The molecule has 0 saturated carbocycles. The molecule has 0 aliphatic rings. The molecular formula is C14H17NO4. The Balaban J connectivity index is 2.66. The lowest BCUT2D eigenvalue weighted by Gasteiger charge is -2.16. The van der Waals surface area contributed by atoms with E-state index in [2.05, 4.69) is 11.9 Å². The Hall–Kier alpha value is -2.14. The first-order chi connectivity index (χ1) is 9.06. The average molecular weight is 263 g/mol. The number of carbonyl (C=O) groups is 2. The summed E-state index contributed by atoms with van der Waals surface area (Å²) in [7, 11) is 0. The van der Waals surface area contributed by atoms with Crippen molar-refractivity contribution in [3.63, 3.8) is 0 Å². The van der Waals surface area contributed by atoms with Crippen molar-refractivity contribution < 1.29 is 19.8 Å². The lowest BCUT2D eigenvalue weighted by atomic mass is 10.1. The molecule has 0 heterocycles. The van der Waals surface area contributed by atoms with Crippen molar-refractivity contribution in [2.45, 2.75) is 25.0 Å². The number of aliphatic carboxylic acids is 1. The summed E-state index contributed by atoms with van der Waals surface area (Å²) < 4.78 is 0. The monoisotopic (exact) mass is 263 g/mol. The van der Waals surface area contributed by atoms with Gasteiger partial charge in [-0.25, -0.2) is 4.79 Å². The molecule has 0 saturated heterocycles. The van der Waals surface area contributed by atoms with E-state index in [1.54, 1.807) is 36.4 Å². The number of nitrogens with one attached hydrogen (secondary N) is 1. The number of hydrogen-bond acceptors (Lipinski definition) is 3. The summed E-state index contributed by atoms with van der Waals surface area (Å²) in [5.74, 6) is -1.85. The van der Waals surface area contributed by atoms with Gasteiger partial charge in [-0.2, -0.15) is 0 Å². The van der Waals surface area contributed by atoms with E-state index in [0.29, 0.717) is 12.0 Å². The number of carbonyl (C=O) groups excluding carboxylic acids is 1. The Labute approximate surface area is 111 Å². The van der Waals surface area contributed by atoms with Crippen molar-refractivity contribution >= 4 is 11.9 Å². The van der Waals surface area contributed by atoms with E-state index in [1.807, 2.05) is 0 Å². The van der Waals surface area contributed by atoms with Gasteiger partial charge in [-0.15, -0.1) is 6.58 Å². The molecule has 102 valence electrons. The second-order valence-electron chi connectivity index (χ2n) is 4.08. The van der Waals surface area contributed by atoms with Crippen LogP contribution >= 0.6 is 0 Å². The van der Waals surface area contributed by atoms with Crippen molar-refractivity contribution in [3.05, 3.63) is 48.6 Å². The van der Waals surface area contributed by atoms with Crippen molar-refractivity contribution in [2.24, 2.45) is 0 Å². The van der Waals surface area contributed by atoms with Crippen LogP contribution in [0, 0.1) is 0 Å². The molecule has 1 amide bonds. The van der Waals surface area contributed by atoms with E-state index >= 15 is 0 Å². The van der Waals surface area contributed by atoms with E-state index < -0.39 is 24.0 Å².